The lowest BCUT2D eigenvalue weighted by atomic mass is 10.2. The second-order valence-corrected chi connectivity index (χ2v) is 6.19. The zero-order valence-electron chi connectivity index (χ0n) is 10.4. The Labute approximate surface area is 117 Å². The third-order valence-corrected chi connectivity index (χ3v) is 4.07. The first-order valence-corrected chi connectivity index (χ1v) is 7.73. The molecular formula is C11H16ClN3O3S. The van der Waals surface area contributed by atoms with Gasteiger partial charge in [-0.25, -0.2) is 14.3 Å². The molecule has 0 heterocycles. The molecule has 0 aliphatic carbocycles. The Morgan fingerprint density at radius 2 is 2.11 bits per heavy atom. The molecule has 1 rings (SSSR count). The van der Waals surface area contributed by atoms with Crippen LogP contribution < -0.4 is 16.0 Å². The number of rotatable bonds is 6. The van der Waals surface area contributed by atoms with Gasteiger partial charge in [-0.1, -0.05) is 24.9 Å². The van der Waals surface area contributed by atoms with Crippen LogP contribution in [-0.4, -0.2) is 20.1 Å². The van der Waals surface area contributed by atoms with E-state index in [2.05, 4.69) is 4.72 Å². The Morgan fingerprint density at radius 3 is 2.63 bits per heavy atom. The summed E-state index contributed by atoms with van der Waals surface area (Å²) < 4.78 is 25.8. The molecule has 19 heavy (non-hydrogen) atoms. The van der Waals surface area contributed by atoms with Crippen molar-refractivity contribution in [2.45, 2.75) is 19.8 Å². The van der Waals surface area contributed by atoms with Crippen molar-refractivity contribution in [3.05, 3.63) is 28.8 Å². The van der Waals surface area contributed by atoms with Crippen molar-refractivity contribution in [3.63, 3.8) is 0 Å². The molecule has 0 fully saturated rings. The van der Waals surface area contributed by atoms with Gasteiger partial charge in [0.1, 0.15) is 0 Å². The van der Waals surface area contributed by atoms with Gasteiger partial charge in [0, 0.05) is 5.69 Å². The van der Waals surface area contributed by atoms with Gasteiger partial charge in [0.05, 0.1) is 16.3 Å². The van der Waals surface area contributed by atoms with Crippen LogP contribution in [0.5, 0.6) is 0 Å². The third-order valence-electron chi connectivity index (χ3n) is 2.38. The molecule has 0 atom stereocenters. The largest absolute Gasteiger partial charge is 0.290 e. The van der Waals surface area contributed by atoms with Crippen LogP contribution in [0.4, 0.5) is 5.69 Å². The topological polar surface area (TPSA) is 101 Å². The highest BCUT2D eigenvalue weighted by Gasteiger charge is 2.13. The third kappa shape index (κ3) is 4.70. The van der Waals surface area contributed by atoms with E-state index < -0.39 is 15.9 Å². The number of halogens is 1. The number of hydrogen-bond acceptors (Lipinski definition) is 4. The highest BCUT2D eigenvalue weighted by Crippen LogP contribution is 2.21. The van der Waals surface area contributed by atoms with Crippen molar-refractivity contribution in [3.8, 4) is 0 Å². The number of benzene rings is 1. The summed E-state index contributed by atoms with van der Waals surface area (Å²) in [6.07, 6.45) is 1.37. The molecule has 106 valence electrons. The summed E-state index contributed by atoms with van der Waals surface area (Å²) >= 11 is 5.89. The number of nitrogens with two attached hydrogens (primary N) is 1. The van der Waals surface area contributed by atoms with Gasteiger partial charge in [-0.3, -0.25) is 14.9 Å². The average molecular weight is 306 g/mol. The Morgan fingerprint density at radius 1 is 1.42 bits per heavy atom. The lowest BCUT2D eigenvalue weighted by Crippen LogP contribution is -2.30. The zero-order chi connectivity index (χ0) is 14.5. The molecule has 0 unspecified atom stereocenters. The predicted octanol–water partition coefficient (Wildman–Crippen LogP) is 1.49. The van der Waals surface area contributed by atoms with E-state index in [4.69, 9.17) is 17.4 Å². The van der Waals surface area contributed by atoms with E-state index in [1.807, 2.05) is 12.3 Å². The van der Waals surface area contributed by atoms with Gasteiger partial charge < -0.3 is 0 Å². The van der Waals surface area contributed by atoms with Crippen LogP contribution in [0.3, 0.4) is 0 Å². The number of carbonyl (C=O) groups is 1. The Hall–Kier alpha value is -1.31. The Bertz CT molecular complexity index is 560. The molecule has 0 spiro atoms. The standard InChI is InChI=1S/C11H16ClN3O3S/c1-2-3-6-19(17,18)15-8-4-5-9(10(12)7-8)11(16)14-13/h4-5,7,15H,2-3,6,13H2,1H3,(H,14,16). The maximum Gasteiger partial charge on any atom is 0.266 e. The molecule has 0 aromatic heterocycles. The first kappa shape index (κ1) is 15.7. The number of hydrazine groups is 1. The van der Waals surface area contributed by atoms with Gasteiger partial charge in [-0.2, -0.15) is 0 Å². The number of unbranched alkanes of at least 4 members (excludes halogenated alkanes) is 1. The van der Waals surface area contributed by atoms with Crippen molar-refractivity contribution in [2.75, 3.05) is 10.5 Å². The lowest BCUT2D eigenvalue weighted by molar-refractivity contribution is 0.0954. The van der Waals surface area contributed by atoms with Crippen LogP contribution in [-0.2, 0) is 10.0 Å². The summed E-state index contributed by atoms with van der Waals surface area (Å²) in [4.78, 5) is 11.3. The number of anilines is 1. The van der Waals surface area contributed by atoms with Crippen molar-refractivity contribution in [1.29, 1.82) is 0 Å². The molecule has 0 aliphatic heterocycles. The highest BCUT2D eigenvalue weighted by atomic mass is 35.5. The zero-order valence-corrected chi connectivity index (χ0v) is 12.0. The monoisotopic (exact) mass is 305 g/mol. The van der Waals surface area contributed by atoms with Gasteiger partial charge in [0.25, 0.3) is 5.91 Å². The SMILES string of the molecule is CCCCS(=O)(=O)Nc1ccc(C(=O)NN)c(Cl)c1. The minimum atomic E-state index is -3.39. The number of nitrogens with one attached hydrogen (secondary N) is 2. The van der Waals surface area contributed by atoms with E-state index in [0.29, 0.717) is 12.1 Å². The number of sulfonamides is 1. The van der Waals surface area contributed by atoms with Crippen molar-refractivity contribution >= 4 is 33.2 Å². The minimum Gasteiger partial charge on any atom is -0.290 e. The van der Waals surface area contributed by atoms with E-state index in [1.165, 1.54) is 18.2 Å². The van der Waals surface area contributed by atoms with Crippen LogP contribution in [0.1, 0.15) is 30.1 Å². The van der Waals surface area contributed by atoms with E-state index in [9.17, 15) is 13.2 Å². The predicted molar refractivity (Wildman–Crippen MR) is 75.4 cm³/mol. The molecule has 0 radical (unpaired) electrons. The fraction of sp³-hybridized carbons (Fsp3) is 0.364. The number of hydrogen-bond donors (Lipinski definition) is 3. The van der Waals surface area contributed by atoms with Crippen LogP contribution in [0.15, 0.2) is 18.2 Å². The summed E-state index contributed by atoms with van der Waals surface area (Å²) in [5.41, 5.74) is 2.45. The van der Waals surface area contributed by atoms with Gasteiger partial charge >= 0.3 is 0 Å². The second kappa shape index (κ2) is 6.74. The summed E-state index contributed by atoms with van der Waals surface area (Å²) in [5, 5.41) is 0.124. The number of nitrogen functional groups attached to an aromatic ring is 1. The maximum absolute atomic E-state index is 11.7. The van der Waals surface area contributed by atoms with Crippen LogP contribution >= 0.6 is 11.6 Å². The minimum absolute atomic E-state index is 0.0478. The molecule has 1 aromatic rings. The van der Waals surface area contributed by atoms with Gasteiger partial charge in [0.2, 0.25) is 10.0 Å². The quantitative estimate of drug-likeness (QED) is 0.421. The highest BCUT2D eigenvalue weighted by molar-refractivity contribution is 7.92. The van der Waals surface area contributed by atoms with Crippen molar-refractivity contribution < 1.29 is 13.2 Å². The van der Waals surface area contributed by atoms with Gasteiger partial charge in [-0.15, -0.1) is 0 Å². The van der Waals surface area contributed by atoms with Gasteiger partial charge in [0.15, 0.2) is 0 Å². The normalized spacial score (nSPS) is 11.1. The van der Waals surface area contributed by atoms with Crippen LogP contribution in [0, 0.1) is 0 Å². The molecule has 1 aromatic carbocycles. The molecule has 0 aliphatic rings. The smallest absolute Gasteiger partial charge is 0.266 e. The average Bonchev–Trinajstić information content (AvgIpc) is 2.35. The van der Waals surface area contributed by atoms with Crippen LogP contribution in [0.2, 0.25) is 5.02 Å². The molecule has 8 heteroatoms. The fourth-order valence-corrected chi connectivity index (χ4v) is 2.93. The summed E-state index contributed by atoms with van der Waals surface area (Å²) in [7, 11) is -3.39. The summed E-state index contributed by atoms with van der Waals surface area (Å²) in [5.74, 6) is 4.51. The molecule has 0 bridgehead atoms. The van der Waals surface area contributed by atoms with Crippen molar-refractivity contribution in [1.82, 2.24) is 5.43 Å². The van der Waals surface area contributed by atoms with E-state index in [1.54, 1.807) is 0 Å². The summed E-state index contributed by atoms with van der Waals surface area (Å²) in [6.45, 7) is 1.91. The Kier molecular flexibility index (Phi) is 5.59. The van der Waals surface area contributed by atoms with E-state index in [-0.39, 0.29) is 16.3 Å². The summed E-state index contributed by atoms with van der Waals surface area (Å²) in [6, 6.07) is 4.23. The molecule has 6 nitrogen and oxygen atoms in total. The first-order valence-electron chi connectivity index (χ1n) is 5.70. The molecule has 0 saturated heterocycles. The van der Waals surface area contributed by atoms with Crippen molar-refractivity contribution in [2.24, 2.45) is 5.84 Å². The lowest BCUT2D eigenvalue weighted by Gasteiger charge is -2.09. The molecular weight excluding hydrogens is 290 g/mol. The number of carbonyl (C=O) groups excluding carboxylic acids is 1. The van der Waals surface area contributed by atoms with Gasteiger partial charge in [-0.05, 0) is 24.6 Å². The van der Waals surface area contributed by atoms with E-state index in [0.717, 1.165) is 6.42 Å². The first-order chi connectivity index (χ1) is 8.89. The van der Waals surface area contributed by atoms with E-state index >= 15 is 0 Å². The second-order valence-electron chi connectivity index (χ2n) is 3.94. The number of amides is 1. The molecule has 1 amide bonds. The van der Waals surface area contributed by atoms with Crippen LogP contribution in [0.25, 0.3) is 0 Å². The molecule has 4 N–H and O–H groups in total. The fourth-order valence-electron chi connectivity index (χ4n) is 1.41. The maximum atomic E-state index is 11.7. The molecule has 0 saturated carbocycles. The Balaban J connectivity index is 2.87.